The van der Waals surface area contributed by atoms with Gasteiger partial charge in [0, 0.05) is 13.0 Å². The molecule has 248 valence electrons. The molecule has 0 heterocycles. The Hall–Kier alpha value is -2.47. The van der Waals surface area contributed by atoms with Crippen LogP contribution in [0.1, 0.15) is 26.2 Å². The number of ether oxygens (including phenoxy) is 8. The smallest absolute Gasteiger partial charge is 0.313 e. The fourth-order valence-corrected chi connectivity index (χ4v) is 2.93. The molecule has 0 aliphatic carbocycles. The lowest BCUT2D eigenvalue weighted by Gasteiger charge is -2.09. The summed E-state index contributed by atoms with van der Waals surface area (Å²) in [7, 11) is 0. The van der Waals surface area contributed by atoms with Gasteiger partial charge >= 0.3 is 5.97 Å². The fraction of sp³-hybridized carbons (Fsp3) is 0.704. The van der Waals surface area contributed by atoms with Gasteiger partial charge in [-0.05, 0) is 6.42 Å². The summed E-state index contributed by atoms with van der Waals surface area (Å²) < 4.78 is 108. The molecule has 0 aliphatic rings. The van der Waals surface area contributed by atoms with Gasteiger partial charge in [0.2, 0.25) is 40.7 Å². The van der Waals surface area contributed by atoms with E-state index in [1.54, 1.807) is 0 Å². The first kappa shape index (κ1) is 38.6. The van der Waals surface area contributed by atoms with E-state index in [-0.39, 0.29) is 32.3 Å². The topological polar surface area (TPSA) is 120 Å². The summed E-state index contributed by atoms with van der Waals surface area (Å²) in [5.74, 6) is -14.2. The number of nitrogens with one attached hydrogen (secondary N) is 1. The Morgan fingerprint density at radius 2 is 0.837 bits per heavy atom. The Morgan fingerprint density at radius 3 is 1.21 bits per heavy atom. The molecule has 0 aliphatic heterocycles. The number of rotatable bonds is 27. The highest BCUT2D eigenvalue weighted by molar-refractivity contribution is 5.75. The van der Waals surface area contributed by atoms with Gasteiger partial charge in [-0.1, -0.05) is 6.92 Å². The zero-order valence-corrected chi connectivity index (χ0v) is 24.2. The lowest BCUT2D eigenvalue weighted by atomic mass is 10.2. The number of esters is 1. The number of amides is 1. The van der Waals surface area contributed by atoms with Gasteiger partial charge in [0.05, 0.1) is 98.9 Å². The van der Waals surface area contributed by atoms with Gasteiger partial charge in [-0.2, -0.15) is 8.78 Å². The third-order valence-corrected chi connectivity index (χ3v) is 5.11. The van der Waals surface area contributed by atoms with E-state index in [0.29, 0.717) is 79.0 Å². The highest BCUT2D eigenvalue weighted by Gasteiger charge is 2.28. The molecule has 0 spiro atoms. The van der Waals surface area contributed by atoms with Crippen LogP contribution in [0.4, 0.5) is 22.0 Å². The highest BCUT2D eigenvalue weighted by Crippen LogP contribution is 2.29. The number of benzene rings is 1. The molecule has 43 heavy (non-hydrogen) atoms. The van der Waals surface area contributed by atoms with E-state index in [0.717, 1.165) is 6.42 Å². The minimum absolute atomic E-state index is 0.0202. The zero-order chi connectivity index (χ0) is 31.7. The molecule has 0 aromatic heterocycles. The van der Waals surface area contributed by atoms with Gasteiger partial charge in [-0.25, -0.2) is 13.2 Å². The summed E-state index contributed by atoms with van der Waals surface area (Å²) >= 11 is 0. The van der Waals surface area contributed by atoms with Crippen LogP contribution in [-0.4, -0.2) is 111 Å². The van der Waals surface area contributed by atoms with Crippen molar-refractivity contribution in [3.63, 3.8) is 0 Å². The van der Waals surface area contributed by atoms with Crippen molar-refractivity contribution in [1.29, 1.82) is 0 Å². The molecule has 0 atom stereocenters. The molecular formula is C27H40F5NO10. The summed E-state index contributed by atoms with van der Waals surface area (Å²) in [6.45, 7) is 6.82. The van der Waals surface area contributed by atoms with Gasteiger partial charge in [-0.3, -0.25) is 9.59 Å². The number of carbonyl (C=O) groups is 2. The SMILES string of the molecule is CCCNC(=O)CCOCCOCCOCCOCCOCCOCCOCCC(=O)Oc1c(F)c(F)c(F)c(F)c1F. The number of hydrogen-bond acceptors (Lipinski definition) is 10. The van der Waals surface area contributed by atoms with Crippen LogP contribution in [0.15, 0.2) is 0 Å². The van der Waals surface area contributed by atoms with E-state index < -0.39 is 47.2 Å². The fourth-order valence-electron chi connectivity index (χ4n) is 2.93. The normalized spacial score (nSPS) is 11.2. The van der Waals surface area contributed by atoms with Crippen molar-refractivity contribution in [2.75, 3.05) is 99.0 Å². The molecule has 1 N–H and O–H groups in total. The molecule has 0 saturated carbocycles. The first-order valence-corrected chi connectivity index (χ1v) is 13.8. The third-order valence-electron chi connectivity index (χ3n) is 5.11. The van der Waals surface area contributed by atoms with Crippen molar-refractivity contribution in [3.05, 3.63) is 29.1 Å². The average molecular weight is 634 g/mol. The standard InChI is InChI=1S/C27H40F5NO10/c1-2-5-33-20(34)3-6-36-8-10-38-12-14-40-16-18-42-19-17-41-15-13-39-11-9-37-7-4-21(35)43-27-25(31)23(29)22(28)24(30)26(27)32/h2-19H2,1H3,(H,33,34). The zero-order valence-electron chi connectivity index (χ0n) is 24.2. The van der Waals surface area contributed by atoms with E-state index in [1.807, 2.05) is 6.92 Å². The third kappa shape index (κ3) is 18.1. The highest BCUT2D eigenvalue weighted by atomic mass is 19.2. The largest absolute Gasteiger partial charge is 0.420 e. The monoisotopic (exact) mass is 633 g/mol. The van der Waals surface area contributed by atoms with Crippen LogP contribution >= 0.6 is 0 Å². The molecule has 1 rings (SSSR count). The van der Waals surface area contributed by atoms with Crippen LogP contribution in [0.5, 0.6) is 5.75 Å². The maximum atomic E-state index is 13.5. The molecule has 1 aromatic rings. The summed E-state index contributed by atoms with van der Waals surface area (Å²) in [6.07, 6.45) is 0.746. The Labute approximate surface area is 247 Å². The molecule has 0 radical (unpaired) electrons. The molecule has 0 saturated heterocycles. The van der Waals surface area contributed by atoms with Gasteiger partial charge < -0.3 is 43.2 Å². The van der Waals surface area contributed by atoms with E-state index in [2.05, 4.69) is 10.1 Å². The summed E-state index contributed by atoms with van der Waals surface area (Å²) in [5, 5.41) is 2.77. The predicted octanol–water partition coefficient (Wildman–Crippen LogP) is 2.71. The van der Waals surface area contributed by atoms with Gasteiger partial charge in [0.25, 0.3) is 0 Å². The van der Waals surface area contributed by atoms with Gasteiger partial charge in [-0.15, -0.1) is 0 Å². The van der Waals surface area contributed by atoms with E-state index in [1.165, 1.54) is 0 Å². The molecular weight excluding hydrogens is 593 g/mol. The van der Waals surface area contributed by atoms with Crippen molar-refractivity contribution >= 4 is 11.9 Å². The maximum absolute atomic E-state index is 13.5. The van der Waals surface area contributed by atoms with Crippen LogP contribution in [0.3, 0.4) is 0 Å². The van der Waals surface area contributed by atoms with Gasteiger partial charge in [0.1, 0.15) is 0 Å². The Bertz CT molecular complexity index is 900. The molecule has 11 nitrogen and oxygen atoms in total. The second kappa shape index (κ2) is 24.9. The first-order valence-electron chi connectivity index (χ1n) is 13.8. The minimum atomic E-state index is -2.35. The maximum Gasteiger partial charge on any atom is 0.313 e. The molecule has 0 fully saturated rings. The van der Waals surface area contributed by atoms with Crippen molar-refractivity contribution in [3.8, 4) is 5.75 Å². The number of hydrogen-bond donors (Lipinski definition) is 1. The summed E-state index contributed by atoms with van der Waals surface area (Å²) in [5.41, 5.74) is 0. The number of halogens is 5. The van der Waals surface area contributed by atoms with Crippen molar-refractivity contribution in [2.45, 2.75) is 26.2 Å². The molecule has 16 heteroatoms. The van der Waals surface area contributed by atoms with Crippen molar-refractivity contribution < 1.29 is 69.4 Å². The lowest BCUT2D eigenvalue weighted by Crippen LogP contribution is -2.25. The summed E-state index contributed by atoms with van der Waals surface area (Å²) in [4.78, 5) is 23.0. The van der Waals surface area contributed by atoms with Crippen LogP contribution in [0.25, 0.3) is 0 Å². The summed E-state index contributed by atoms with van der Waals surface area (Å²) in [6, 6.07) is 0. The Balaban J connectivity index is 1.83. The Kier molecular flexibility index (Phi) is 22.3. The predicted molar refractivity (Wildman–Crippen MR) is 140 cm³/mol. The van der Waals surface area contributed by atoms with Crippen LogP contribution in [-0.2, 0) is 42.7 Å². The molecule has 0 bridgehead atoms. The molecule has 0 unspecified atom stereocenters. The Morgan fingerprint density at radius 1 is 0.512 bits per heavy atom. The molecule has 1 amide bonds. The second-order valence-corrected chi connectivity index (χ2v) is 8.51. The van der Waals surface area contributed by atoms with E-state index in [9.17, 15) is 31.5 Å². The number of carbonyl (C=O) groups excluding carboxylic acids is 2. The van der Waals surface area contributed by atoms with Crippen molar-refractivity contribution in [2.24, 2.45) is 0 Å². The van der Waals surface area contributed by atoms with E-state index in [4.69, 9.17) is 33.2 Å². The van der Waals surface area contributed by atoms with E-state index >= 15 is 0 Å². The lowest BCUT2D eigenvalue weighted by molar-refractivity contribution is -0.136. The van der Waals surface area contributed by atoms with Crippen LogP contribution in [0.2, 0.25) is 0 Å². The average Bonchev–Trinajstić information content (AvgIpc) is 3.00. The van der Waals surface area contributed by atoms with Crippen molar-refractivity contribution in [1.82, 2.24) is 5.32 Å². The quantitative estimate of drug-likeness (QED) is 0.0387. The first-order chi connectivity index (χ1) is 20.8. The van der Waals surface area contributed by atoms with Gasteiger partial charge in [0.15, 0.2) is 0 Å². The van der Waals surface area contributed by atoms with Crippen LogP contribution in [0, 0.1) is 29.1 Å². The molecule has 1 aromatic carbocycles. The second-order valence-electron chi connectivity index (χ2n) is 8.51. The minimum Gasteiger partial charge on any atom is -0.420 e. The van der Waals surface area contributed by atoms with Crippen LogP contribution < -0.4 is 10.1 Å².